The van der Waals surface area contributed by atoms with Crippen molar-refractivity contribution in [1.29, 1.82) is 0 Å². The molecule has 2 rings (SSSR count). The van der Waals surface area contributed by atoms with Crippen molar-refractivity contribution in [2.75, 3.05) is 6.61 Å². The summed E-state index contributed by atoms with van der Waals surface area (Å²) in [5.74, 6) is 0.0943. The standard InChI is InChI=1S/C12H13N3O2/c1-7-3-2-4-8-5-9(6-17-10(7)8)11(16)15-12(13)14/h2-5H,6H2,1H3,(H4,13,14,15,16). The fraction of sp³-hybridized carbons (Fsp3) is 0.167. The van der Waals surface area contributed by atoms with Gasteiger partial charge in [-0.3, -0.25) is 4.79 Å². The maximum atomic E-state index is 11.6. The molecule has 0 bridgehead atoms. The average Bonchev–Trinajstić information content (AvgIpc) is 2.28. The Morgan fingerprint density at radius 2 is 2.18 bits per heavy atom. The second kappa shape index (κ2) is 4.29. The van der Waals surface area contributed by atoms with E-state index >= 15 is 0 Å². The highest BCUT2D eigenvalue weighted by atomic mass is 16.5. The minimum Gasteiger partial charge on any atom is -0.488 e. The molecule has 88 valence electrons. The average molecular weight is 231 g/mol. The molecule has 1 aromatic rings. The number of fused-ring (bicyclic) bond motifs is 1. The molecule has 0 saturated heterocycles. The van der Waals surface area contributed by atoms with Gasteiger partial charge in [-0.25, -0.2) is 0 Å². The molecule has 0 aliphatic carbocycles. The summed E-state index contributed by atoms with van der Waals surface area (Å²) >= 11 is 0. The Balaban J connectivity index is 2.36. The van der Waals surface area contributed by atoms with E-state index in [9.17, 15) is 4.79 Å². The minimum atomic E-state index is -0.461. The van der Waals surface area contributed by atoms with Gasteiger partial charge >= 0.3 is 0 Å². The number of amides is 1. The number of aliphatic imine (C=N–C) groups is 1. The van der Waals surface area contributed by atoms with E-state index in [1.165, 1.54) is 0 Å². The fourth-order valence-electron chi connectivity index (χ4n) is 1.68. The van der Waals surface area contributed by atoms with E-state index in [-0.39, 0.29) is 12.6 Å². The lowest BCUT2D eigenvalue weighted by atomic mass is 10.0. The van der Waals surface area contributed by atoms with Crippen LogP contribution in [0.1, 0.15) is 11.1 Å². The summed E-state index contributed by atoms with van der Waals surface area (Å²) in [5, 5.41) is 0. The monoisotopic (exact) mass is 231 g/mol. The van der Waals surface area contributed by atoms with Crippen molar-refractivity contribution < 1.29 is 9.53 Å². The van der Waals surface area contributed by atoms with Gasteiger partial charge in [-0.05, 0) is 18.6 Å². The van der Waals surface area contributed by atoms with Gasteiger partial charge in [0.05, 0.1) is 5.57 Å². The molecule has 1 aromatic carbocycles. The minimum absolute atomic E-state index is 0.188. The predicted molar refractivity (Wildman–Crippen MR) is 65.5 cm³/mol. The molecule has 5 heteroatoms. The van der Waals surface area contributed by atoms with Crippen LogP contribution in [0.15, 0.2) is 28.8 Å². The number of carbonyl (C=O) groups excluding carboxylic acids is 1. The van der Waals surface area contributed by atoms with Gasteiger partial charge < -0.3 is 16.2 Å². The van der Waals surface area contributed by atoms with E-state index in [2.05, 4.69) is 4.99 Å². The van der Waals surface area contributed by atoms with Crippen molar-refractivity contribution in [1.82, 2.24) is 0 Å². The maximum Gasteiger partial charge on any atom is 0.279 e. The molecule has 1 aliphatic heterocycles. The number of carbonyl (C=O) groups is 1. The SMILES string of the molecule is Cc1cccc2c1OCC(C(=O)N=C(N)N)=C2. The summed E-state index contributed by atoms with van der Waals surface area (Å²) in [6.45, 7) is 2.14. The Kier molecular flexibility index (Phi) is 2.82. The molecule has 0 radical (unpaired) electrons. The lowest BCUT2D eigenvalue weighted by Crippen LogP contribution is -2.25. The lowest BCUT2D eigenvalue weighted by molar-refractivity contribution is -0.114. The van der Waals surface area contributed by atoms with Crippen molar-refractivity contribution in [2.45, 2.75) is 6.92 Å². The summed E-state index contributed by atoms with van der Waals surface area (Å²) in [6.07, 6.45) is 1.75. The highest BCUT2D eigenvalue weighted by molar-refractivity contribution is 6.05. The molecule has 0 atom stereocenters. The van der Waals surface area contributed by atoms with E-state index in [1.807, 2.05) is 25.1 Å². The van der Waals surface area contributed by atoms with Gasteiger partial charge in [-0.2, -0.15) is 4.99 Å². The predicted octanol–water partition coefficient (Wildman–Crippen LogP) is 0.571. The largest absolute Gasteiger partial charge is 0.488 e. The van der Waals surface area contributed by atoms with Crippen LogP contribution in [0, 0.1) is 6.92 Å². The number of rotatable bonds is 1. The first-order valence-electron chi connectivity index (χ1n) is 5.15. The number of guanidine groups is 1. The number of para-hydroxylation sites is 1. The smallest absolute Gasteiger partial charge is 0.279 e. The number of hydrogen-bond acceptors (Lipinski definition) is 2. The number of aryl methyl sites for hydroxylation is 1. The molecular weight excluding hydrogens is 218 g/mol. The normalized spacial score (nSPS) is 13.1. The van der Waals surface area contributed by atoms with Crippen LogP contribution in [-0.2, 0) is 4.79 Å². The molecule has 0 spiro atoms. The first-order chi connectivity index (χ1) is 8.08. The van der Waals surface area contributed by atoms with Crippen LogP contribution < -0.4 is 16.2 Å². The number of ether oxygens (including phenoxy) is 1. The molecule has 5 nitrogen and oxygen atoms in total. The lowest BCUT2D eigenvalue weighted by Gasteiger charge is -2.17. The summed E-state index contributed by atoms with van der Waals surface area (Å²) in [5.41, 5.74) is 12.7. The molecule has 1 heterocycles. The second-order valence-corrected chi connectivity index (χ2v) is 3.79. The first-order valence-corrected chi connectivity index (χ1v) is 5.15. The van der Waals surface area contributed by atoms with Crippen molar-refractivity contribution in [2.24, 2.45) is 16.5 Å². The van der Waals surface area contributed by atoms with Crippen molar-refractivity contribution in [3.8, 4) is 5.75 Å². The van der Waals surface area contributed by atoms with E-state index in [0.29, 0.717) is 5.57 Å². The van der Waals surface area contributed by atoms with Crippen LogP contribution >= 0.6 is 0 Å². The molecule has 4 N–H and O–H groups in total. The van der Waals surface area contributed by atoms with Gasteiger partial charge in [0.15, 0.2) is 5.96 Å². The zero-order chi connectivity index (χ0) is 12.4. The zero-order valence-corrected chi connectivity index (χ0v) is 9.43. The van der Waals surface area contributed by atoms with Crippen molar-refractivity contribution in [3.63, 3.8) is 0 Å². The number of hydrogen-bond donors (Lipinski definition) is 2. The highest BCUT2D eigenvalue weighted by Crippen LogP contribution is 2.29. The first kappa shape index (κ1) is 11.2. The molecular formula is C12H13N3O2. The third-order valence-corrected chi connectivity index (χ3v) is 2.45. The summed E-state index contributed by atoms with van der Waals surface area (Å²) in [4.78, 5) is 15.1. The molecule has 0 saturated carbocycles. The van der Waals surface area contributed by atoms with Gasteiger partial charge in [0.1, 0.15) is 12.4 Å². The van der Waals surface area contributed by atoms with Crippen LogP contribution in [0.5, 0.6) is 5.75 Å². The third-order valence-electron chi connectivity index (χ3n) is 2.45. The van der Waals surface area contributed by atoms with E-state index in [0.717, 1.165) is 16.9 Å². The van der Waals surface area contributed by atoms with Crippen LogP contribution in [-0.4, -0.2) is 18.5 Å². The Morgan fingerprint density at radius 3 is 2.88 bits per heavy atom. The molecule has 1 aliphatic rings. The summed E-state index contributed by atoms with van der Waals surface area (Å²) in [7, 11) is 0. The van der Waals surface area contributed by atoms with E-state index in [1.54, 1.807) is 6.08 Å². The summed E-state index contributed by atoms with van der Waals surface area (Å²) < 4.78 is 5.53. The quantitative estimate of drug-likeness (QED) is 0.546. The Bertz CT molecular complexity index is 529. The highest BCUT2D eigenvalue weighted by Gasteiger charge is 2.17. The second-order valence-electron chi connectivity index (χ2n) is 3.79. The van der Waals surface area contributed by atoms with Gasteiger partial charge in [-0.15, -0.1) is 0 Å². The zero-order valence-electron chi connectivity index (χ0n) is 9.43. The van der Waals surface area contributed by atoms with Crippen LogP contribution in [0.2, 0.25) is 0 Å². The molecule has 0 aromatic heterocycles. The molecule has 0 unspecified atom stereocenters. The topological polar surface area (TPSA) is 90.7 Å². The maximum absolute atomic E-state index is 11.6. The van der Waals surface area contributed by atoms with Crippen molar-refractivity contribution >= 4 is 17.9 Å². The molecule has 0 fully saturated rings. The summed E-state index contributed by atoms with van der Waals surface area (Å²) in [6, 6.07) is 5.74. The number of benzene rings is 1. The van der Waals surface area contributed by atoms with Gasteiger partial charge in [-0.1, -0.05) is 18.2 Å². The third kappa shape index (κ3) is 2.28. The fourth-order valence-corrected chi connectivity index (χ4v) is 1.68. The Morgan fingerprint density at radius 1 is 1.41 bits per heavy atom. The molecule has 1 amide bonds. The Labute approximate surface area is 98.8 Å². The van der Waals surface area contributed by atoms with E-state index < -0.39 is 5.91 Å². The molecule has 17 heavy (non-hydrogen) atoms. The van der Waals surface area contributed by atoms with Gasteiger partial charge in [0.25, 0.3) is 5.91 Å². The number of nitrogens with zero attached hydrogens (tertiary/aromatic N) is 1. The van der Waals surface area contributed by atoms with Crippen LogP contribution in [0.25, 0.3) is 6.08 Å². The van der Waals surface area contributed by atoms with Crippen LogP contribution in [0.4, 0.5) is 0 Å². The van der Waals surface area contributed by atoms with Gasteiger partial charge in [0.2, 0.25) is 0 Å². The van der Waals surface area contributed by atoms with Gasteiger partial charge in [0, 0.05) is 5.56 Å². The number of nitrogens with two attached hydrogens (primary N) is 2. The van der Waals surface area contributed by atoms with E-state index in [4.69, 9.17) is 16.2 Å². The Hall–Kier alpha value is -2.30. The van der Waals surface area contributed by atoms with Crippen LogP contribution in [0.3, 0.4) is 0 Å². The van der Waals surface area contributed by atoms with Crippen molar-refractivity contribution in [3.05, 3.63) is 34.9 Å².